The predicted molar refractivity (Wildman–Crippen MR) is 244 cm³/mol. The Morgan fingerprint density at radius 2 is 0.898 bits per heavy atom. The molecule has 8 aliphatic rings. The van der Waals surface area contributed by atoms with Gasteiger partial charge in [0.05, 0.1) is 5.69 Å². The summed E-state index contributed by atoms with van der Waals surface area (Å²) in [6, 6.07) is 59.5. The molecule has 6 aliphatic carbocycles. The van der Waals surface area contributed by atoms with Crippen LogP contribution in [0.15, 0.2) is 152 Å². The average molecular weight is 757 g/mol. The van der Waals surface area contributed by atoms with Crippen LogP contribution >= 0.6 is 0 Å². The van der Waals surface area contributed by atoms with Gasteiger partial charge in [-0.25, -0.2) is 0 Å². The van der Waals surface area contributed by atoms with E-state index >= 15 is 0 Å². The number of rotatable bonds is 2. The van der Waals surface area contributed by atoms with E-state index in [1.54, 1.807) is 22.3 Å². The molecule has 15 rings (SSSR count). The molecular weight excluding hydrogens is 711 g/mol. The standard InChI is InChI=1S/C56H45BN2/c1-2-12-38(13-3-1)58-48-22-11-23-49-53(48)57(54-50(58)33-32-44-51(54)41-15-5-7-18-43(41)55(44)34-24-25-35(55)27-26-34)45-19-8-9-20-46(45)59(49)47-21-10-16-40-39-14-4-6-17-42(39)56(52(40)47)36-28-29-37(56)31-30-36/h1-23,32-37H,24-31H2. The van der Waals surface area contributed by atoms with Crippen LogP contribution in [0, 0.1) is 23.7 Å². The molecule has 4 saturated carbocycles. The second-order valence-electron chi connectivity index (χ2n) is 19.3. The number of fused-ring (bicyclic) bond motifs is 11. The van der Waals surface area contributed by atoms with Gasteiger partial charge in [0.2, 0.25) is 0 Å². The molecule has 0 saturated heterocycles. The van der Waals surface area contributed by atoms with E-state index in [9.17, 15) is 0 Å². The molecule has 0 radical (unpaired) electrons. The van der Waals surface area contributed by atoms with Gasteiger partial charge in [-0.05, 0) is 178 Å². The van der Waals surface area contributed by atoms with Crippen LogP contribution < -0.4 is 26.2 Å². The Labute approximate surface area is 347 Å². The number of hydrogen-bond acceptors (Lipinski definition) is 2. The summed E-state index contributed by atoms with van der Waals surface area (Å²) < 4.78 is 0. The van der Waals surface area contributed by atoms with Crippen LogP contribution in [0.2, 0.25) is 0 Å². The molecule has 0 amide bonds. The fraction of sp³-hybridized carbons (Fsp3) is 0.250. The van der Waals surface area contributed by atoms with E-state index in [1.165, 1.54) is 124 Å². The van der Waals surface area contributed by atoms with Crippen molar-refractivity contribution in [1.82, 2.24) is 0 Å². The molecule has 2 heterocycles. The van der Waals surface area contributed by atoms with Gasteiger partial charge in [-0.3, -0.25) is 0 Å². The summed E-state index contributed by atoms with van der Waals surface area (Å²) in [5.41, 5.74) is 24.9. The Morgan fingerprint density at radius 3 is 1.64 bits per heavy atom. The Bertz CT molecular complexity index is 2940. The highest BCUT2D eigenvalue weighted by Crippen LogP contribution is 2.71. The first-order valence-electron chi connectivity index (χ1n) is 22.7. The minimum Gasteiger partial charge on any atom is -0.311 e. The second kappa shape index (κ2) is 11.1. The quantitative estimate of drug-likeness (QED) is 0.162. The first-order chi connectivity index (χ1) is 29.3. The fourth-order valence-corrected chi connectivity index (χ4v) is 15.9. The number of anilines is 6. The van der Waals surface area contributed by atoms with Crippen LogP contribution in [0.1, 0.15) is 73.6 Å². The van der Waals surface area contributed by atoms with Gasteiger partial charge in [0.15, 0.2) is 0 Å². The van der Waals surface area contributed by atoms with Gasteiger partial charge in [-0.1, -0.05) is 109 Å². The minimum atomic E-state index is 0.0747. The molecule has 7 aromatic rings. The van der Waals surface area contributed by atoms with Gasteiger partial charge in [-0.15, -0.1) is 0 Å². The maximum absolute atomic E-state index is 2.73. The van der Waals surface area contributed by atoms with Crippen LogP contribution in [-0.2, 0) is 10.8 Å². The monoisotopic (exact) mass is 756 g/mol. The van der Waals surface area contributed by atoms with Gasteiger partial charge in [0.25, 0.3) is 6.71 Å². The summed E-state index contributed by atoms with van der Waals surface area (Å²) in [5.74, 6) is 2.83. The third-order valence-corrected chi connectivity index (χ3v) is 17.6. The molecule has 4 bridgehead atoms. The molecule has 282 valence electrons. The van der Waals surface area contributed by atoms with E-state index in [2.05, 4.69) is 161 Å². The summed E-state index contributed by atoms with van der Waals surface area (Å²) in [4.78, 5) is 5.36. The van der Waals surface area contributed by atoms with Gasteiger partial charge < -0.3 is 9.80 Å². The molecule has 0 unspecified atom stereocenters. The largest absolute Gasteiger partial charge is 0.311 e. The summed E-state index contributed by atoms with van der Waals surface area (Å²) in [5, 5.41) is 0. The number of nitrogens with zero attached hydrogens (tertiary/aromatic N) is 2. The molecule has 59 heavy (non-hydrogen) atoms. The lowest BCUT2D eigenvalue weighted by molar-refractivity contribution is 0.400. The zero-order chi connectivity index (χ0) is 38.2. The Morgan fingerprint density at radius 1 is 0.373 bits per heavy atom. The summed E-state index contributed by atoms with van der Waals surface area (Å²) in [6.07, 6.45) is 10.8. The molecule has 7 aromatic carbocycles. The van der Waals surface area contributed by atoms with Crippen molar-refractivity contribution in [2.75, 3.05) is 9.80 Å². The molecule has 2 nitrogen and oxygen atoms in total. The van der Waals surface area contributed by atoms with Crippen molar-refractivity contribution in [3.05, 3.63) is 174 Å². The zero-order valence-corrected chi connectivity index (χ0v) is 33.4. The third-order valence-electron chi connectivity index (χ3n) is 17.6. The number of benzene rings is 7. The minimum absolute atomic E-state index is 0.0747. The van der Waals surface area contributed by atoms with Crippen LogP contribution in [0.5, 0.6) is 0 Å². The lowest BCUT2D eigenvalue weighted by Gasteiger charge is -2.46. The highest BCUT2D eigenvalue weighted by atomic mass is 15.2. The van der Waals surface area contributed by atoms with Crippen molar-refractivity contribution >= 4 is 57.2 Å². The zero-order valence-electron chi connectivity index (χ0n) is 33.4. The van der Waals surface area contributed by atoms with Crippen molar-refractivity contribution in [2.45, 2.75) is 62.2 Å². The molecule has 0 atom stereocenters. The average Bonchev–Trinajstić information content (AvgIpc) is 4.15. The van der Waals surface area contributed by atoms with Gasteiger partial charge in [0.1, 0.15) is 0 Å². The molecule has 2 spiro atoms. The summed E-state index contributed by atoms with van der Waals surface area (Å²) in [6.45, 7) is 0.103. The Balaban J connectivity index is 1.05. The van der Waals surface area contributed by atoms with E-state index in [0.29, 0.717) is 11.8 Å². The van der Waals surface area contributed by atoms with E-state index in [-0.39, 0.29) is 17.5 Å². The van der Waals surface area contributed by atoms with Crippen molar-refractivity contribution in [3.8, 4) is 22.3 Å². The molecule has 4 fully saturated rings. The third kappa shape index (κ3) is 3.56. The van der Waals surface area contributed by atoms with Crippen molar-refractivity contribution in [1.29, 1.82) is 0 Å². The van der Waals surface area contributed by atoms with E-state index in [4.69, 9.17) is 0 Å². The predicted octanol–water partition coefficient (Wildman–Crippen LogP) is 11.9. The number of para-hydroxylation sites is 2. The van der Waals surface area contributed by atoms with Gasteiger partial charge in [-0.2, -0.15) is 0 Å². The van der Waals surface area contributed by atoms with Crippen molar-refractivity contribution in [3.63, 3.8) is 0 Å². The van der Waals surface area contributed by atoms with Crippen LogP contribution in [0.3, 0.4) is 0 Å². The SMILES string of the molecule is c1ccc(N2c3cccc4c3B(c3ccccc3N4c3cccc4c3C3(c5ccccc5-4)C4CCC3CC4)c3c2ccc2c3-c3ccccc3C23C2CCC3CC2)cc1. The molecule has 3 heteroatoms. The lowest BCUT2D eigenvalue weighted by Crippen LogP contribution is -2.62. The van der Waals surface area contributed by atoms with Crippen LogP contribution in [-0.4, -0.2) is 6.71 Å². The molecule has 0 N–H and O–H groups in total. The van der Waals surface area contributed by atoms with Crippen molar-refractivity contribution in [2.24, 2.45) is 23.7 Å². The van der Waals surface area contributed by atoms with Gasteiger partial charge in [0, 0.05) is 39.3 Å². The smallest absolute Gasteiger partial charge is 0.252 e. The Kier molecular flexibility index (Phi) is 6.02. The maximum atomic E-state index is 2.73. The fourth-order valence-electron chi connectivity index (χ4n) is 15.9. The summed E-state index contributed by atoms with van der Waals surface area (Å²) >= 11 is 0. The lowest BCUT2D eigenvalue weighted by atomic mass is 9.32. The normalized spacial score (nSPS) is 27.5. The van der Waals surface area contributed by atoms with E-state index in [0.717, 1.165) is 11.8 Å². The van der Waals surface area contributed by atoms with Crippen molar-refractivity contribution < 1.29 is 0 Å². The van der Waals surface area contributed by atoms with E-state index < -0.39 is 0 Å². The second-order valence-corrected chi connectivity index (χ2v) is 19.3. The highest BCUT2D eigenvalue weighted by molar-refractivity contribution is 7.01. The topological polar surface area (TPSA) is 6.48 Å². The van der Waals surface area contributed by atoms with Crippen LogP contribution in [0.25, 0.3) is 22.3 Å². The van der Waals surface area contributed by atoms with Crippen LogP contribution in [0.4, 0.5) is 34.1 Å². The molecule has 0 aromatic heterocycles. The molecule has 2 aliphatic heterocycles. The number of hydrogen-bond donors (Lipinski definition) is 0. The first-order valence-corrected chi connectivity index (χ1v) is 22.7. The summed E-state index contributed by atoms with van der Waals surface area (Å²) in [7, 11) is 0. The molecular formula is C56H45BN2. The van der Waals surface area contributed by atoms with E-state index in [1.807, 2.05) is 0 Å². The first kappa shape index (κ1) is 32.1. The Hall–Kier alpha value is -5.80. The van der Waals surface area contributed by atoms with Gasteiger partial charge >= 0.3 is 0 Å². The maximum Gasteiger partial charge on any atom is 0.252 e. The highest BCUT2D eigenvalue weighted by Gasteiger charge is 2.63.